The molecule has 0 unspecified atom stereocenters. The summed E-state index contributed by atoms with van der Waals surface area (Å²) >= 11 is 2.71. The van der Waals surface area contributed by atoms with Crippen molar-refractivity contribution in [2.75, 3.05) is 11.1 Å². The van der Waals surface area contributed by atoms with Crippen molar-refractivity contribution in [1.29, 1.82) is 0 Å². The third-order valence-electron chi connectivity index (χ3n) is 4.07. The van der Waals surface area contributed by atoms with Gasteiger partial charge in [0.25, 0.3) is 5.91 Å². The number of nitrogens with one attached hydrogen (secondary N) is 2. The molecule has 8 heteroatoms. The molecular formula is C19H18N4O2S2. The van der Waals surface area contributed by atoms with E-state index in [1.54, 1.807) is 6.07 Å². The zero-order valence-corrected chi connectivity index (χ0v) is 16.3. The molecule has 2 N–H and O–H groups in total. The molecular weight excluding hydrogens is 380 g/mol. The number of anilines is 1. The fraction of sp³-hybridized carbons (Fsp3) is 0.263. The van der Waals surface area contributed by atoms with Crippen LogP contribution < -0.4 is 10.6 Å². The van der Waals surface area contributed by atoms with Crippen molar-refractivity contribution in [3.8, 4) is 0 Å². The Morgan fingerprint density at radius 2 is 2.07 bits per heavy atom. The van der Waals surface area contributed by atoms with Gasteiger partial charge in [-0.05, 0) is 31.9 Å². The van der Waals surface area contributed by atoms with E-state index in [9.17, 15) is 9.59 Å². The maximum Gasteiger partial charge on any atom is 0.252 e. The number of thiazole rings is 1. The average molecular weight is 399 g/mol. The number of nitrogens with zero attached hydrogens (tertiary/aromatic N) is 2. The molecule has 0 spiro atoms. The monoisotopic (exact) mass is 398 g/mol. The second kappa shape index (κ2) is 7.66. The second-order valence-corrected chi connectivity index (χ2v) is 8.26. The molecule has 3 aromatic rings. The van der Waals surface area contributed by atoms with Crippen LogP contribution >= 0.6 is 23.1 Å². The Morgan fingerprint density at radius 3 is 2.81 bits per heavy atom. The maximum absolute atomic E-state index is 12.6. The number of rotatable bonds is 6. The number of para-hydroxylation sites is 1. The summed E-state index contributed by atoms with van der Waals surface area (Å²) in [6.45, 7) is 1.88. The summed E-state index contributed by atoms with van der Waals surface area (Å²) in [6.07, 6.45) is 2.07. The van der Waals surface area contributed by atoms with Crippen molar-refractivity contribution >= 4 is 50.9 Å². The van der Waals surface area contributed by atoms with Gasteiger partial charge in [0.2, 0.25) is 5.91 Å². The van der Waals surface area contributed by atoms with Crippen molar-refractivity contribution in [1.82, 2.24) is 15.3 Å². The van der Waals surface area contributed by atoms with Gasteiger partial charge in [0, 0.05) is 16.8 Å². The van der Waals surface area contributed by atoms with Gasteiger partial charge >= 0.3 is 0 Å². The highest BCUT2D eigenvalue weighted by molar-refractivity contribution is 7.99. The minimum Gasteiger partial charge on any atom is -0.349 e. The topological polar surface area (TPSA) is 84.0 Å². The van der Waals surface area contributed by atoms with E-state index in [0.717, 1.165) is 29.4 Å². The van der Waals surface area contributed by atoms with Gasteiger partial charge in [0.15, 0.2) is 5.13 Å². The summed E-state index contributed by atoms with van der Waals surface area (Å²) in [6, 6.07) is 9.62. The molecule has 6 nitrogen and oxygen atoms in total. The van der Waals surface area contributed by atoms with Gasteiger partial charge < -0.3 is 10.6 Å². The predicted molar refractivity (Wildman–Crippen MR) is 108 cm³/mol. The van der Waals surface area contributed by atoms with Gasteiger partial charge in [-0.2, -0.15) is 0 Å². The summed E-state index contributed by atoms with van der Waals surface area (Å²) in [5.41, 5.74) is 2.23. The lowest BCUT2D eigenvalue weighted by atomic mass is 10.1. The molecule has 0 radical (unpaired) electrons. The van der Waals surface area contributed by atoms with E-state index in [1.165, 1.54) is 23.1 Å². The third kappa shape index (κ3) is 4.45. The number of hydrogen-bond acceptors (Lipinski definition) is 6. The number of carbonyl (C=O) groups excluding carboxylic acids is 2. The van der Waals surface area contributed by atoms with Crippen LogP contribution in [0.25, 0.3) is 10.9 Å². The first-order valence-corrected chi connectivity index (χ1v) is 10.5. The van der Waals surface area contributed by atoms with E-state index in [0.29, 0.717) is 15.7 Å². The lowest BCUT2D eigenvalue weighted by Gasteiger charge is -2.09. The number of carbonyl (C=O) groups is 2. The normalized spacial score (nSPS) is 13.5. The molecule has 1 saturated carbocycles. The lowest BCUT2D eigenvalue weighted by molar-refractivity contribution is -0.113. The maximum atomic E-state index is 12.6. The summed E-state index contributed by atoms with van der Waals surface area (Å²) in [4.78, 5) is 33.6. The Hall–Kier alpha value is -2.45. The molecule has 27 heavy (non-hydrogen) atoms. The van der Waals surface area contributed by atoms with E-state index >= 15 is 0 Å². The quantitative estimate of drug-likeness (QED) is 0.620. The second-order valence-electron chi connectivity index (χ2n) is 6.40. The molecule has 1 aromatic carbocycles. The van der Waals surface area contributed by atoms with Crippen molar-refractivity contribution in [3.63, 3.8) is 0 Å². The zero-order valence-electron chi connectivity index (χ0n) is 14.7. The number of thioether (sulfide) groups is 1. The molecule has 1 aliphatic rings. The van der Waals surface area contributed by atoms with Gasteiger partial charge in [-0.3, -0.25) is 9.59 Å². The van der Waals surface area contributed by atoms with Crippen LogP contribution in [0.15, 0.2) is 40.7 Å². The van der Waals surface area contributed by atoms with Gasteiger partial charge in [-0.25, -0.2) is 9.97 Å². The predicted octanol–water partition coefficient (Wildman–Crippen LogP) is 3.62. The Balaban J connectivity index is 1.50. The van der Waals surface area contributed by atoms with Crippen LogP contribution in [0.1, 0.15) is 28.9 Å². The SMILES string of the molecule is Cc1csc(NC(=O)CSc2cc(C(=O)NC3CC3)c3ccccc3n2)n1. The Labute approximate surface area is 164 Å². The summed E-state index contributed by atoms with van der Waals surface area (Å²) in [5, 5.41) is 9.76. The molecule has 138 valence electrons. The van der Waals surface area contributed by atoms with Crippen LogP contribution in [0.2, 0.25) is 0 Å². The van der Waals surface area contributed by atoms with Crippen molar-refractivity contribution < 1.29 is 9.59 Å². The number of aryl methyl sites for hydroxylation is 1. The highest BCUT2D eigenvalue weighted by Crippen LogP contribution is 2.26. The molecule has 2 aromatic heterocycles. The highest BCUT2D eigenvalue weighted by atomic mass is 32.2. The first kappa shape index (κ1) is 17.9. The van der Waals surface area contributed by atoms with Crippen molar-refractivity contribution in [2.24, 2.45) is 0 Å². The molecule has 0 atom stereocenters. The van der Waals surface area contributed by atoms with Crippen LogP contribution in [0, 0.1) is 6.92 Å². The number of fused-ring (bicyclic) bond motifs is 1. The van der Waals surface area contributed by atoms with Gasteiger partial charge in [0.05, 0.1) is 27.6 Å². The van der Waals surface area contributed by atoms with Crippen LogP contribution in [0.3, 0.4) is 0 Å². The molecule has 0 saturated heterocycles. The lowest BCUT2D eigenvalue weighted by Crippen LogP contribution is -2.25. The Morgan fingerprint density at radius 1 is 1.26 bits per heavy atom. The van der Waals surface area contributed by atoms with E-state index in [1.807, 2.05) is 36.6 Å². The fourth-order valence-electron chi connectivity index (χ4n) is 2.61. The standard InChI is InChI=1S/C19H18N4O2S2/c1-11-9-27-19(20-11)23-16(24)10-26-17-8-14(18(25)21-12-6-7-12)13-4-2-3-5-15(13)22-17/h2-5,8-9,12H,6-7,10H2,1H3,(H,21,25)(H,20,23,24). The van der Waals surface area contributed by atoms with Gasteiger partial charge in [-0.15, -0.1) is 11.3 Å². The molecule has 2 amide bonds. The minimum atomic E-state index is -0.145. The molecule has 0 bridgehead atoms. The fourth-order valence-corrected chi connectivity index (χ4v) is 4.03. The van der Waals surface area contributed by atoms with Crippen LogP contribution in [0.4, 0.5) is 5.13 Å². The summed E-state index contributed by atoms with van der Waals surface area (Å²) < 4.78 is 0. The Kier molecular flexibility index (Phi) is 5.09. The van der Waals surface area contributed by atoms with Gasteiger partial charge in [-0.1, -0.05) is 30.0 Å². The molecule has 4 rings (SSSR count). The third-order valence-corrected chi connectivity index (χ3v) is 5.85. The van der Waals surface area contributed by atoms with Crippen molar-refractivity contribution in [3.05, 3.63) is 47.0 Å². The molecule has 1 fully saturated rings. The number of aromatic nitrogens is 2. The molecule has 0 aliphatic heterocycles. The van der Waals surface area contributed by atoms with Crippen molar-refractivity contribution in [2.45, 2.75) is 30.8 Å². The number of benzene rings is 1. The largest absolute Gasteiger partial charge is 0.349 e. The van der Waals surface area contributed by atoms with E-state index in [4.69, 9.17) is 0 Å². The first-order chi connectivity index (χ1) is 13.1. The average Bonchev–Trinajstić information content (AvgIpc) is 3.38. The Bertz CT molecular complexity index is 1010. The first-order valence-electron chi connectivity index (χ1n) is 8.64. The molecule has 2 heterocycles. The summed E-state index contributed by atoms with van der Waals surface area (Å²) in [5.74, 6) is -0.0258. The highest BCUT2D eigenvalue weighted by Gasteiger charge is 2.25. The number of pyridine rings is 1. The van der Waals surface area contributed by atoms with E-state index < -0.39 is 0 Å². The number of hydrogen-bond donors (Lipinski definition) is 2. The number of amides is 2. The smallest absolute Gasteiger partial charge is 0.252 e. The molecule has 1 aliphatic carbocycles. The van der Waals surface area contributed by atoms with Gasteiger partial charge in [0.1, 0.15) is 0 Å². The van der Waals surface area contributed by atoms with Crippen LogP contribution in [-0.4, -0.2) is 33.6 Å². The van der Waals surface area contributed by atoms with Crippen LogP contribution in [-0.2, 0) is 4.79 Å². The van der Waals surface area contributed by atoms with E-state index in [-0.39, 0.29) is 23.6 Å². The summed E-state index contributed by atoms with van der Waals surface area (Å²) in [7, 11) is 0. The zero-order chi connectivity index (χ0) is 18.8. The van der Waals surface area contributed by atoms with Crippen LogP contribution in [0.5, 0.6) is 0 Å². The van der Waals surface area contributed by atoms with E-state index in [2.05, 4.69) is 20.6 Å². The minimum absolute atomic E-state index is 0.0827.